The number of fused-ring (bicyclic) bond motifs is 1. The molecule has 3 N–H and O–H groups in total. The number of hydrogen-bond acceptors (Lipinski definition) is 6. The molecule has 148 valence electrons. The van der Waals surface area contributed by atoms with Crippen molar-refractivity contribution in [3.8, 4) is 5.75 Å². The zero-order chi connectivity index (χ0) is 20.5. The van der Waals surface area contributed by atoms with Crippen LogP contribution in [0.2, 0.25) is 0 Å². The lowest BCUT2D eigenvalue weighted by atomic mass is 10.0. The number of rotatable bonds is 5. The van der Waals surface area contributed by atoms with Crippen LogP contribution in [-0.4, -0.2) is 37.3 Å². The number of benzene rings is 1. The summed E-state index contributed by atoms with van der Waals surface area (Å²) >= 11 is 3.24. The van der Waals surface area contributed by atoms with Crippen molar-refractivity contribution in [3.05, 3.63) is 57.8 Å². The highest BCUT2D eigenvalue weighted by molar-refractivity contribution is 9.10. The monoisotopic (exact) mass is 466 g/mol. The Morgan fingerprint density at radius 2 is 2.11 bits per heavy atom. The second kappa shape index (κ2) is 7.51. The fraction of sp³-hybridized carbons (Fsp3) is 0.278. The average molecular weight is 467 g/mol. The van der Waals surface area contributed by atoms with E-state index in [1.807, 2.05) is 13.8 Å². The molecule has 28 heavy (non-hydrogen) atoms. The molecule has 1 aliphatic rings. The van der Waals surface area contributed by atoms with Gasteiger partial charge >= 0.3 is 0 Å². The summed E-state index contributed by atoms with van der Waals surface area (Å²) < 4.78 is 33.5. The number of amides is 1. The molecule has 0 atom stereocenters. The SMILES string of the molecule is CC(C)(COc1cccc2c1C(N)=NS(=O)(=O)C2)NC(=O)c1ccnc(Br)c1. The Balaban J connectivity index is 1.74. The molecule has 0 saturated heterocycles. The standard InChI is InChI=1S/C18H19BrN4O4S/c1-18(2,22-17(24)11-6-7-21-14(19)8-11)10-27-13-5-3-4-12-9-28(25,26)23-16(20)15(12)13/h3-8H,9-10H2,1-2H3,(H2,20,23)(H,22,24). The molecule has 1 amide bonds. The summed E-state index contributed by atoms with van der Waals surface area (Å²) in [7, 11) is -3.61. The Hall–Kier alpha value is -2.46. The molecule has 1 aromatic heterocycles. The number of hydrogen-bond donors (Lipinski definition) is 2. The van der Waals surface area contributed by atoms with Crippen LogP contribution < -0.4 is 15.8 Å². The first kappa shape index (κ1) is 20.3. The number of carbonyl (C=O) groups excluding carboxylic acids is 1. The van der Waals surface area contributed by atoms with Crippen molar-refractivity contribution in [3.63, 3.8) is 0 Å². The van der Waals surface area contributed by atoms with Crippen LogP contribution in [0.4, 0.5) is 0 Å². The van der Waals surface area contributed by atoms with E-state index in [0.717, 1.165) is 0 Å². The van der Waals surface area contributed by atoms with Gasteiger partial charge in [-0.2, -0.15) is 0 Å². The van der Waals surface area contributed by atoms with Crippen molar-refractivity contribution in [1.82, 2.24) is 10.3 Å². The zero-order valence-corrected chi connectivity index (χ0v) is 17.7. The number of nitrogens with one attached hydrogen (secondary N) is 1. The highest BCUT2D eigenvalue weighted by Gasteiger charge is 2.27. The first-order valence-corrected chi connectivity index (χ1v) is 10.7. The van der Waals surface area contributed by atoms with Gasteiger partial charge in [-0.15, -0.1) is 4.40 Å². The maximum atomic E-state index is 12.5. The number of ether oxygens (including phenoxy) is 1. The minimum atomic E-state index is -3.61. The van der Waals surface area contributed by atoms with Gasteiger partial charge in [-0.1, -0.05) is 12.1 Å². The van der Waals surface area contributed by atoms with Gasteiger partial charge < -0.3 is 15.8 Å². The van der Waals surface area contributed by atoms with Gasteiger partial charge in [0.1, 0.15) is 22.8 Å². The number of amidine groups is 1. The number of nitrogens with two attached hydrogens (primary N) is 1. The molecular weight excluding hydrogens is 448 g/mol. The molecule has 0 saturated carbocycles. The van der Waals surface area contributed by atoms with Gasteiger partial charge in [-0.3, -0.25) is 4.79 Å². The zero-order valence-electron chi connectivity index (χ0n) is 15.3. The van der Waals surface area contributed by atoms with Gasteiger partial charge in [0.05, 0.1) is 16.9 Å². The van der Waals surface area contributed by atoms with E-state index in [-0.39, 0.29) is 24.1 Å². The van der Waals surface area contributed by atoms with Crippen molar-refractivity contribution in [2.45, 2.75) is 25.1 Å². The van der Waals surface area contributed by atoms with Crippen LogP contribution in [-0.2, 0) is 15.8 Å². The number of aromatic nitrogens is 1. The highest BCUT2D eigenvalue weighted by atomic mass is 79.9. The van der Waals surface area contributed by atoms with Gasteiger partial charge in [-0.25, -0.2) is 13.4 Å². The lowest BCUT2D eigenvalue weighted by Gasteiger charge is -2.27. The molecular formula is C18H19BrN4O4S. The number of nitrogens with zero attached hydrogens (tertiary/aromatic N) is 2. The van der Waals surface area contributed by atoms with E-state index in [1.165, 1.54) is 6.20 Å². The summed E-state index contributed by atoms with van der Waals surface area (Å²) in [6, 6.07) is 8.30. The predicted molar refractivity (Wildman–Crippen MR) is 109 cm³/mol. The molecule has 2 aromatic rings. The summed E-state index contributed by atoms with van der Waals surface area (Å²) in [5.41, 5.74) is 6.61. The van der Waals surface area contributed by atoms with Gasteiger partial charge in [0.15, 0.2) is 0 Å². The number of halogens is 1. The van der Waals surface area contributed by atoms with Crippen LogP contribution in [0.3, 0.4) is 0 Å². The Morgan fingerprint density at radius 3 is 2.82 bits per heavy atom. The van der Waals surface area contributed by atoms with E-state index in [2.05, 4.69) is 30.6 Å². The molecule has 0 radical (unpaired) electrons. The molecule has 0 fully saturated rings. The van der Waals surface area contributed by atoms with E-state index < -0.39 is 15.6 Å². The van der Waals surface area contributed by atoms with Crippen LogP contribution in [0.5, 0.6) is 5.75 Å². The van der Waals surface area contributed by atoms with E-state index >= 15 is 0 Å². The van der Waals surface area contributed by atoms with Crippen molar-refractivity contribution >= 4 is 37.7 Å². The van der Waals surface area contributed by atoms with E-state index in [0.29, 0.717) is 27.0 Å². The minimum Gasteiger partial charge on any atom is -0.490 e. The summed E-state index contributed by atoms with van der Waals surface area (Å²) in [6.07, 6.45) is 1.54. The third kappa shape index (κ3) is 4.68. The quantitative estimate of drug-likeness (QED) is 0.649. The van der Waals surface area contributed by atoms with Crippen molar-refractivity contribution in [1.29, 1.82) is 0 Å². The summed E-state index contributed by atoms with van der Waals surface area (Å²) in [5.74, 6) is -0.168. The summed E-state index contributed by atoms with van der Waals surface area (Å²) in [5, 5.41) is 2.90. The molecule has 8 nitrogen and oxygen atoms in total. The van der Waals surface area contributed by atoms with Gasteiger partial charge in [0, 0.05) is 11.8 Å². The van der Waals surface area contributed by atoms with Gasteiger partial charge in [0.25, 0.3) is 15.9 Å². The van der Waals surface area contributed by atoms with Crippen molar-refractivity contribution < 1.29 is 17.9 Å². The number of sulfonamides is 1. The average Bonchev–Trinajstić information content (AvgIpc) is 2.58. The van der Waals surface area contributed by atoms with Gasteiger partial charge in [-0.05, 0) is 53.5 Å². The topological polar surface area (TPSA) is 124 Å². The van der Waals surface area contributed by atoms with E-state index in [4.69, 9.17) is 10.5 Å². The van der Waals surface area contributed by atoms with E-state index in [9.17, 15) is 13.2 Å². The van der Waals surface area contributed by atoms with Gasteiger partial charge in [0.2, 0.25) is 0 Å². The maximum Gasteiger partial charge on any atom is 0.259 e. The van der Waals surface area contributed by atoms with Crippen molar-refractivity contribution in [2.75, 3.05) is 6.61 Å². The first-order chi connectivity index (χ1) is 13.1. The second-order valence-electron chi connectivity index (χ2n) is 6.99. The molecule has 1 aromatic carbocycles. The second-order valence-corrected chi connectivity index (χ2v) is 9.43. The molecule has 0 bridgehead atoms. The predicted octanol–water partition coefficient (Wildman–Crippen LogP) is 1.98. The lowest BCUT2D eigenvalue weighted by molar-refractivity contribution is 0.0880. The maximum absolute atomic E-state index is 12.5. The third-order valence-electron chi connectivity index (χ3n) is 3.97. The Kier molecular flexibility index (Phi) is 5.44. The molecule has 1 aliphatic heterocycles. The van der Waals surface area contributed by atoms with Crippen LogP contribution in [0.1, 0.15) is 35.3 Å². The molecule has 0 spiro atoms. The number of carbonyl (C=O) groups is 1. The van der Waals surface area contributed by atoms with Crippen LogP contribution in [0.15, 0.2) is 45.5 Å². The summed E-state index contributed by atoms with van der Waals surface area (Å²) in [4.78, 5) is 16.5. The fourth-order valence-corrected chi connectivity index (χ4v) is 4.20. The van der Waals surface area contributed by atoms with Crippen LogP contribution in [0, 0.1) is 0 Å². The fourth-order valence-electron chi connectivity index (χ4n) is 2.75. The van der Waals surface area contributed by atoms with Crippen molar-refractivity contribution in [2.24, 2.45) is 10.1 Å². The molecule has 2 heterocycles. The Labute approximate surface area is 171 Å². The summed E-state index contributed by atoms with van der Waals surface area (Å²) in [6.45, 7) is 3.78. The largest absolute Gasteiger partial charge is 0.490 e. The Morgan fingerprint density at radius 1 is 1.36 bits per heavy atom. The minimum absolute atomic E-state index is 0.0969. The lowest BCUT2D eigenvalue weighted by Crippen LogP contribution is -2.48. The molecule has 0 aliphatic carbocycles. The molecule has 0 unspecified atom stereocenters. The molecule has 3 rings (SSSR count). The third-order valence-corrected chi connectivity index (χ3v) is 5.56. The molecule has 10 heteroatoms. The highest BCUT2D eigenvalue weighted by Crippen LogP contribution is 2.28. The smallest absolute Gasteiger partial charge is 0.259 e. The Bertz CT molecular complexity index is 1070. The normalized spacial score (nSPS) is 15.3. The van der Waals surface area contributed by atoms with E-state index in [1.54, 1.807) is 30.3 Å². The number of pyridine rings is 1. The van der Waals surface area contributed by atoms with Crippen LogP contribution >= 0.6 is 15.9 Å². The van der Waals surface area contributed by atoms with Crippen LogP contribution in [0.25, 0.3) is 0 Å². The first-order valence-electron chi connectivity index (χ1n) is 8.34.